The van der Waals surface area contributed by atoms with E-state index in [1.54, 1.807) is 24.1 Å². The lowest BCUT2D eigenvalue weighted by molar-refractivity contribution is -0.121. The first-order valence-corrected chi connectivity index (χ1v) is 12.7. The molecule has 2 aliphatic rings. The van der Waals surface area contributed by atoms with Gasteiger partial charge in [-0.15, -0.1) is 0 Å². The van der Waals surface area contributed by atoms with Crippen LogP contribution in [0.2, 0.25) is 0 Å². The molecule has 0 bridgehead atoms. The van der Waals surface area contributed by atoms with E-state index < -0.39 is 11.2 Å². The minimum atomic E-state index is -0.705. The van der Waals surface area contributed by atoms with E-state index in [9.17, 15) is 18.4 Å². The predicted molar refractivity (Wildman–Crippen MR) is 142 cm³/mol. The van der Waals surface area contributed by atoms with Gasteiger partial charge >= 0.3 is 0 Å². The monoisotopic (exact) mass is 518 g/mol. The lowest BCUT2D eigenvalue weighted by Crippen LogP contribution is -2.25. The number of nitrogens with one attached hydrogen (secondary N) is 1. The van der Waals surface area contributed by atoms with Crippen molar-refractivity contribution in [2.24, 2.45) is 10.1 Å². The second-order valence-corrected chi connectivity index (χ2v) is 10.3. The summed E-state index contributed by atoms with van der Waals surface area (Å²) in [5, 5.41) is 8.91. The van der Waals surface area contributed by atoms with E-state index in [2.05, 4.69) is 10.3 Å². The quantitative estimate of drug-likeness (QED) is 0.466. The Labute approximate surface area is 217 Å². The molecule has 0 aliphatic carbocycles. The number of nitrogens with zero attached hydrogens (tertiary/aromatic N) is 3. The molecule has 188 valence electrons. The highest BCUT2D eigenvalue weighted by atomic mass is 32.2. The molecule has 0 radical (unpaired) electrons. The van der Waals surface area contributed by atoms with Crippen LogP contribution in [0.5, 0.6) is 0 Å². The highest BCUT2D eigenvalue weighted by Gasteiger charge is 2.39. The van der Waals surface area contributed by atoms with Gasteiger partial charge in [-0.3, -0.25) is 9.59 Å². The molecule has 2 aliphatic heterocycles. The summed E-state index contributed by atoms with van der Waals surface area (Å²) in [5.74, 6) is -1.47. The molecule has 3 aromatic rings. The molecule has 0 saturated heterocycles. The molecule has 5 rings (SSSR count). The number of hydrogen-bond acceptors (Lipinski definition) is 5. The van der Waals surface area contributed by atoms with Gasteiger partial charge in [-0.2, -0.15) is 10.1 Å². The summed E-state index contributed by atoms with van der Waals surface area (Å²) >= 11 is 1.19. The van der Waals surface area contributed by atoms with Crippen molar-refractivity contribution in [2.45, 2.75) is 38.0 Å². The molecule has 37 heavy (non-hydrogen) atoms. The number of halogens is 2. The third-order valence-corrected chi connectivity index (χ3v) is 7.43. The Balaban J connectivity index is 1.34. The smallest absolute Gasteiger partial charge is 0.262 e. The normalized spacial score (nSPS) is 19.1. The van der Waals surface area contributed by atoms with Crippen molar-refractivity contribution in [3.8, 4) is 0 Å². The number of benzene rings is 3. The molecular formula is C28H24F2N4O2S. The van der Waals surface area contributed by atoms with Crippen molar-refractivity contribution in [1.82, 2.24) is 5.01 Å². The van der Waals surface area contributed by atoms with Gasteiger partial charge in [0.2, 0.25) is 5.91 Å². The largest absolute Gasteiger partial charge is 0.326 e. The van der Waals surface area contributed by atoms with Gasteiger partial charge in [-0.05, 0) is 60.9 Å². The van der Waals surface area contributed by atoms with E-state index in [-0.39, 0.29) is 30.0 Å². The summed E-state index contributed by atoms with van der Waals surface area (Å²) in [7, 11) is 0. The lowest BCUT2D eigenvalue weighted by atomic mass is 9.98. The summed E-state index contributed by atoms with van der Waals surface area (Å²) in [4.78, 5) is 29.6. The second kappa shape index (κ2) is 10.3. The van der Waals surface area contributed by atoms with Crippen molar-refractivity contribution in [3.05, 3.63) is 101 Å². The van der Waals surface area contributed by atoms with Crippen LogP contribution in [-0.2, 0) is 9.59 Å². The van der Waals surface area contributed by atoms with Gasteiger partial charge in [-0.1, -0.05) is 53.7 Å². The molecule has 0 spiro atoms. The van der Waals surface area contributed by atoms with Crippen LogP contribution in [0.1, 0.15) is 41.1 Å². The number of rotatable bonds is 5. The van der Waals surface area contributed by atoms with Crippen LogP contribution in [0.15, 0.2) is 76.8 Å². The number of hydrazone groups is 1. The Kier molecular flexibility index (Phi) is 6.88. The highest BCUT2D eigenvalue weighted by Crippen LogP contribution is 2.38. The average Bonchev–Trinajstić information content (AvgIpc) is 3.46. The van der Waals surface area contributed by atoms with Gasteiger partial charge in [0.1, 0.15) is 16.9 Å². The maximum atomic E-state index is 13.6. The molecule has 2 unspecified atom stereocenters. The van der Waals surface area contributed by atoms with Crippen LogP contribution in [0.4, 0.5) is 14.5 Å². The Morgan fingerprint density at radius 3 is 2.49 bits per heavy atom. The molecule has 2 amide bonds. The fraction of sp³-hybridized carbons (Fsp3) is 0.214. The van der Waals surface area contributed by atoms with Crippen molar-refractivity contribution in [1.29, 1.82) is 0 Å². The maximum Gasteiger partial charge on any atom is 0.262 e. The molecule has 0 saturated carbocycles. The van der Waals surface area contributed by atoms with Crippen molar-refractivity contribution < 1.29 is 18.4 Å². The van der Waals surface area contributed by atoms with E-state index in [1.165, 1.54) is 42.1 Å². The van der Waals surface area contributed by atoms with Gasteiger partial charge in [0.15, 0.2) is 5.17 Å². The fourth-order valence-electron chi connectivity index (χ4n) is 4.26. The van der Waals surface area contributed by atoms with Gasteiger partial charge < -0.3 is 5.32 Å². The Hall–Kier alpha value is -3.85. The van der Waals surface area contributed by atoms with E-state index in [1.807, 2.05) is 31.2 Å². The number of hydrogen-bond donors (Lipinski definition) is 1. The molecule has 6 nitrogen and oxygen atoms in total. The Bertz CT molecular complexity index is 1420. The number of carbonyl (C=O) groups excluding carboxylic acids is 2. The number of carbonyl (C=O) groups is 2. The summed E-state index contributed by atoms with van der Waals surface area (Å²) in [6.45, 7) is 3.62. The molecule has 9 heteroatoms. The number of thioether (sulfide) groups is 1. The van der Waals surface area contributed by atoms with Gasteiger partial charge in [0.05, 0.1) is 11.8 Å². The van der Waals surface area contributed by atoms with Gasteiger partial charge in [-0.25, -0.2) is 13.8 Å². The van der Waals surface area contributed by atoms with Crippen LogP contribution in [-0.4, -0.2) is 33.0 Å². The summed E-state index contributed by atoms with van der Waals surface area (Å²) in [6, 6.07) is 18.3. The zero-order valence-electron chi connectivity index (χ0n) is 20.2. The first-order chi connectivity index (χ1) is 17.8. The van der Waals surface area contributed by atoms with Crippen LogP contribution in [0.25, 0.3) is 0 Å². The van der Waals surface area contributed by atoms with Crippen LogP contribution >= 0.6 is 11.8 Å². The molecule has 0 fully saturated rings. The van der Waals surface area contributed by atoms with Crippen molar-refractivity contribution in [3.63, 3.8) is 0 Å². The number of anilines is 1. The Morgan fingerprint density at radius 2 is 1.78 bits per heavy atom. The number of amidine groups is 1. The summed E-state index contributed by atoms with van der Waals surface area (Å²) < 4.78 is 27.1. The lowest BCUT2D eigenvalue weighted by Gasteiger charge is -2.23. The minimum Gasteiger partial charge on any atom is -0.326 e. The zero-order chi connectivity index (χ0) is 26.1. The molecular weight excluding hydrogens is 494 g/mol. The topological polar surface area (TPSA) is 74.1 Å². The van der Waals surface area contributed by atoms with Gasteiger partial charge in [0.25, 0.3) is 5.91 Å². The molecule has 0 aromatic heterocycles. The minimum absolute atomic E-state index is 0.0868. The molecule has 1 N–H and O–H groups in total. The number of aryl methyl sites for hydroxylation is 2. The number of aliphatic imine (C=N–C) groups is 1. The summed E-state index contributed by atoms with van der Waals surface area (Å²) in [6.07, 6.45) is 0.466. The van der Waals surface area contributed by atoms with Crippen molar-refractivity contribution in [2.75, 3.05) is 5.32 Å². The fourth-order valence-corrected chi connectivity index (χ4v) is 5.32. The van der Waals surface area contributed by atoms with E-state index in [0.717, 1.165) is 22.4 Å². The molecule has 2 atom stereocenters. The van der Waals surface area contributed by atoms with E-state index in [4.69, 9.17) is 5.10 Å². The van der Waals surface area contributed by atoms with E-state index in [0.29, 0.717) is 22.8 Å². The zero-order valence-corrected chi connectivity index (χ0v) is 21.1. The number of amides is 2. The maximum absolute atomic E-state index is 13.6. The predicted octanol–water partition coefficient (Wildman–Crippen LogP) is 5.76. The third-order valence-electron chi connectivity index (χ3n) is 6.29. The molecule has 3 aromatic carbocycles. The van der Waals surface area contributed by atoms with Crippen LogP contribution in [0.3, 0.4) is 0 Å². The Morgan fingerprint density at radius 1 is 1.05 bits per heavy atom. The van der Waals surface area contributed by atoms with Crippen molar-refractivity contribution >= 4 is 40.1 Å². The third kappa shape index (κ3) is 5.46. The van der Waals surface area contributed by atoms with E-state index >= 15 is 0 Å². The van der Waals surface area contributed by atoms with Gasteiger partial charge in [0, 0.05) is 18.5 Å². The second-order valence-electron chi connectivity index (χ2n) is 9.08. The SMILES string of the molecule is Cc1ccc(C2=NN(C3=NC(=O)C(CC(=O)Nc4ccc(F)c(C)c4)S3)C(c3ccc(F)cc3)C2)cc1. The van der Waals surface area contributed by atoms with Crippen LogP contribution < -0.4 is 5.32 Å². The van der Waals surface area contributed by atoms with Crippen LogP contribution in [0, 0.1) is 25.5 Å². The standard InChI is InChI=1S/C28H24F2N4O2S/c1-16-3-5-18(6-4-16)23-14-24(19-7-9-20(29)10-8-19)34(33-23)28-32-27(36)25(37-28)15-26(35)31-21-11-12-22(30)17(2)13-21/h3-13,24-25H,14-15H2,1-2H3,(H,31,35). The molecule has 2 heterocycles. The summed E-state index contributed by atoms with van der Waals surface area (Å²) in [5.41, 5.74) is 4.64. The average molecular weight is 519 g/mol. The first kappa shape index (κ1) is 24.8. The first-order valence-electron chi connectivity index (χ1n) is 11.8. The highest BCUT2D eigenvalue weighted by molar-refractivity contribution is 8.15.